The van der Waals surface area contributed by atoms with Gasteiger partial charge in [0.25, 0.3) is 0 Å². The number of rotatable bonds is 15. The topological polar surface area (TPSA) is 56.8 Å². The van der Waals surface area contributed by atoms with E-state index < -0.39 is 5.54 Å². The van der Waals surface area contributed by atoms with E-state index in [4.69, 9.17) is 20.6 Å². The van der Waals surface area contributed by atoms with Crippen LogP contribution in [0, 0.1) is 12.3 Å². The molecular formula is C17H31NO4S. The highest BCUT2D eigenvalue weighted by molar-refractivity contribution is 7.99. The van der Waals surface area contributed by atoms with Gasteiger partial charge in [0.15, 0.2) is 0 Å². The fourth-order valence-electron chi connectivity index (χ4n) is 1.90. The van der Waals surface area contributed by atoms with Crippen LogP contribution >= 0.6 is 11.8 Å². The van der Waals surface area contributed by atoms with Crippen LogP contribution < -0.4 is 5.32 Å². The molecule has 0 aliphatic rings. The average molecular weight is 346 g/mol. The molecule has 0 aromatic heterocycles. The zero-order valence-electron chi connectivity index (χ0n) is 14.7. The Kier molecular flexibility index (Phi) is 14.4. The summed E-state index contributed by atoms with van der Waals surface area (Å²) in [6.07, 6.45) is 6.81. The van der Waals surface area contributed by atoms with Gasteiger partial charge in [0.2, 0.25) is 5.91 Å². The molecule has 0 aliphatic carbocycles. The molecule has 0 aromatic rings. The Hall–Kier alpha value is -0.740. The van der Waals surface area contributed by atoms with E-state index in [0.29, 0.717) is 32.8 Å². The molecule has 0 spiro atoms. The van der Waals surface area contributed by atoms with Crippen LogP contribution in [0.4, 0.5) is 0 Å². The molecular weight excluding hydrogens is 314 g/mol. The molecule has 0 unspecified atom stereocenters. The van der Waals surface area contributed by atoms with Crippen LogP contribution in [0.25, 0.3) is 0 Å². The molecule has 0 fully saturated rings. The van der Waals surface area contributed by atoms with Gasteiger partial charge in [-0.05, 0) is 26.0 Å². The molecule has 0 saturated heterocycles. The first-order valence-corrected chi connectivity index (χ1v) is 9.35. The van der Waals surface area contributed by atoms with Gasteiger partial charge in [0.1, 0.15) is 12.1 Å². The maximum Gasteiger partial charge on any atom is 0.221 e. The second kappa shape index (κ2) is 14.8. The third-order valence-electron chi connectivity index (χ3n) is 2.96. The molecule has 23 heavy (non-hydrogen) atoms. The lowest BCUT2D eigenvalue weighted by molar-refractivity contribution is -0.126. The smallest absolute Gasteiger partial charge is 0.221 e. The number of nitrogens with one attached hydrogen (secondary N) is 1. The van der Waals surface area contributed by atoms with Crippen molar-refractivity contribution in [3.05, 3.63) is 0 Å². The number of thioether (sulfide) groups is 1. The summed E-state index contributed by atoms with van der Waals surface area (Å²) in [4.78, 5) is 12.2. The van der Waals surface area contributed by atoms with E-state index in [2.05, 4.69) is 18.2 Å². The summed E-state index contributed by atoms with van der Waals surface area (Å²) >= 11 is 1.78. The van der Waals surface area contributed by atoms with E-state index in [-0.39, 0.29) is 19.1 Å². The highest BCUT2D eigenvalue weighted by atomic mass is 32.2. The van der Waals surface area contributed by atoms with E-state index in [9.17, 15) is 4.79 Å². The van der Waals surface area contributed by atoms with E-state index in [1.165, 1.54) is 0 Å². The second-order valence-corrected chi connectivity index (χ2v) is 6.39. The molecule has 0 saturated carbocycles. The maximum absolute atomic E-state index is 12.2. The Morgan fingerprint density at radius 1 is 1.09 bits per heavy atom. The zero-order valence-corrected chi connectivity index (χ0v) is 15.5. The van der Waals surface area contributed by atoms with Crippen molar-refractivity contribution < 1.29 is 19.0 Å². The number of hydrogen-bond acceptors (Lipinski definition) is 5. The molecule has 6 heteroatoms. The zero-order chi connectivity index (χ0) is 17.4. The first kappa shape index (κ1) is 22.3. The van der Waals surface area contributed by atoms with E-state index in [0.717, 1.165) is 17.9 Å². The summed E-state index contributed by atoms with van der Waals surface area (Å²) < 4.78 is 16.5. The minimum atomic E-state index is -0.699. The number of ether oxygens (including phenoxy) is 3. The third-order valence-corrected chi connectivity index (χ3v) is 4.14. The van der Waals surface area contributed by atoms with Crippen molar-refractivity contribution in [3.8, 4) is 12.3 Å². The van der Waals surface area contributed by atoms with Crippen LogP contribution in [0.5, 0.6) is 0 Å². The first-order valence-electron chi connectivity index (χ1n) is 8.19. The molecule has 5 nitrogen and oxygen atoms in total. The predicted octanol–water partition coefficient (Wildman–Crippen LogP) is 2.10. The number of terminal acetylenes is 1. The lowest BCUT2D eigenvalue weighted by Gasteiger charge is -2.33. The lowest BCUT2D eigenvalue weighted by atomic mass is 10.0. The van der Waals surface area contributed by atoms with Gasteiger partial charge in [-0.2, -0.15) is 11.8 Å². The Bertz CT molecular complexity index is 336. The predicted molar refractivity (Wildman–Crippen MR) is 95.7 cm³/mol. The summed E-state index contributed by atoms with van der Waals surface area (Å²) in [6.45, 7) is 8.21. The average Bonchev–Trinajstić information content (AvgIpc) is 2.55. The molecule has 1 amide bonds. The van der Waals surface area contributed by atoms with Gasteiger partial charge in [-0.3, -0.25) is 4.79 Å². The van der Waals surface area contributed by atoms with Crippen molar-refractivity contribution in [1.29, 1.82) is 0 Å². The van der Waals surface area contributed by atoms with E-state index >= 15 is 0 Å². The van der Waals surface area contributed by atoms with Crippen molar-refractivity contribution in [2.75, 3.05) is 51.1 Å². The SMILES string of the molecule is C#CCOCC(COCC)(COCC)NC(=O)CCSCCC. The Labute approximate surface area is 145 Å². The Morgan fingerprint density at radius 2 is 1.70 bits per heavy atom. The van der Waals surface area contributed by atoms with Crippen molar-refractivity contribution in [2.24, 2.45) is 0 Å². The Balaban J connectivity index is 4.67. The standard InChI is InChI=1S/C17H31NO4S/c1-5-10-22-15-17(13-20-7-3,14-21-8-4)18-16(19)9-12-23-11-6-2/h1H,6-15H2,2-4H3,(H,18,19). The van der Waals surface area contributed by atoms with Gasteiger partial charge >= 0.3 is 0 Å². The van der Waals surface area contributed by atoms with E-state index in [1.54, 1.807) is 11.8 Å². The largest absolute Gasteiger partial charge is 0.379 e. The van der Waals surface area contributed by atoms with Gasteiger partial charge in [-0.15, -0.1) is 6.42 Å². The highest BCUT2D eigenvalue weighted by Crippen LogP contribution is 2.11. The Morgan fingerprint density at radius 3 is 2.22 bits per heavy atom. The van der Waals surface area contributed by atoms with Crippen molar-refractivity contribution in [1.82, 2.24) is 5.32 Å². The van der Waals surface area contributed by atoms with Crippen LogP contribution in [0.2, 0.25) is 0 Å². The molecule has 0 radical (unpaired) electrons. The highest BCUT2D eigenvalue weighted by Gasteiger charge is 2.33. The summed E-state index contributed by atoms with van der Waals surface area (Å²) in [7, 11) is 0. The van der Waals surface area contributed by atoms with Crippen molar-refractivity contribution in [3.63, 3.8) is 0 Å². The monoisotopic (exact) mass is 345 g/mol. The van der Waals surface area contributed by atoms with Crippen LogP contribution in [-0.4, -0.2) is 62.6 Å². The minimum Gasteiger partial charge on any atom is -0.379 e. The van der Waals surface area contributed by atoms with Crippen LogP contribution in [0.3, 0.4) is 0 Å². The third kappa shape index (κ3) is 11.4. The number of amides is 1. The normalized spacial score (nSPS) is 11.2. The van der Waals surface area contributed by atoms with Gasteiger partial charge in [-0.25, -0.2) is 0 Å². The fourth-order valence-corrected chi connectivity index (χ4v) is 2.73. The molecule has 0 aliphatic heterocycles. The maximum atomic E-state index is 12.2. The molecule has 134 valence electrons. The minimum absolute atomic E-state index is 0.0164. The van der Waals surface area contributed by atoms with Gasteiger partial charge < -0.3 is 19.5 Å². The van der Waals surface area contributed by atoms with Gasteiger partial charge in [0.05, 0.1) is 19.8 Å². The molecule has 0 bridgehead atoms. The second-order valence-electron chi connectivity index (χ2n) is 5.16. The fraction of sp³-hybridized carbons (Fsp3) is 0.824. The quantitative estimate of drug-likeness (QED) is 0.364. The molecule has 0 rings (SSSR count). The summed E-state index contributed by atoms with van der Waals surface area (Å²) in [6, 6.07) is 0. The summed E-state index contributed by atoms with van der Waals surface area (Å²) in [5.74, 6) is 4.30. The summed E-state index contributed by atoms with van der Waals surface area (Å²) in [5.41, 5.74) is -0.699. The van der Waals surface area contributed by atoms with Crippen LogP contribution in [-0.2, 0) is 19.0 Å². The molecule has 0 aromatic carbocycles. The van der Waals surface area contributed by atoms with Crippen molar-refractivity contribution >= 4 is 17.7 Å². The molecule has 0 atom stereocenters. The van der Waals surface area contributed by atoms with Crippen molar-refractivity contribution in [2.45, 2.75) is 39.2 Å². The van der Waals surface area contributed by atoms with Gasteiger partial charge in [0, 0.05) is 25.4 Å². The lowest BCUT2D eigenvalue weighted by Crippen LogP contribution is -2.58. The van der Waals surface area contributed by atoms with E-state index in [1.807, 2.05) is 13.8 Å². The first-order chi connectivity index (χ1) is 11.1. The number of carbonyl (C=O) groups excluding carboxylic acids is 1. The number of hydrogen-bond donors (Lipinski definition) is 1. The number of carbonyl (C=O) groups is 1. The van der Waals surface area contributed by atoms with Crippen LogP contribution in [0.15, 0.2) is 0 Å². The summed E-state index contributed by atoms with van der Waals surface area (Å²) in [5, 5.41) is 3.04. The molecule has 1 N–H and O–H groups in total. The van der Waals surface area contributed by atoms with Crippen LogP contribution in [0.1, 0.15) is 33.6 Å². The van der Waals surface area contributed by atoms with Gasteiger partial charge in [-0.1, -0.05) is 12.8 Å². The molecule has 0 heterocycles.